The first-order valence-corrected chi connectivity index (χ1v) is 7.86. The molecule has 0 aliphatic rings. The van der Waals surface area contributed by atoms with Crippen molar-refractivity contribution in [1.29, 1.82) is 0 Å². The Morgan fingerprint density at radius 3 is 2.33 bits per heavy atom. The quantitative estimate of drug-likeness (QED) is 0.584. The number of nitrogens with zero attached hydrogens (tertiary/aromatic N) is 1. The molecule has 8 heteroatoms. The molecule has 122 valence electrons. The molecule has 1 aromatic heterocycles. The number of carbonyl (C=O) groups excluding carboxylic acids is 2. The van der Waals surface area contributed by atoms with Crippen LogP contribution >= 0.6 is 11.3 Å². The van der Waals surface area contributed by atoms with Crippen LogP contribution in [0.5, 0.6) is 5.75 Å². The van der Waals surface area contributed by atoms with Gasteiger partial charge in [-0.05, 0) is 42.5 Å². The first-order valence-electron chi connectivity index (χ1n) is 7.05. The van der Waals surface area contributed by atoms with Crippen LogP contribution in [0.25, 0.3) is 10.2 Å². The summed E-state index contributed by atoms with van der Waals surface area (Å²) in [6.07, 6.45) is 0. The smallest absolute Gasteiger partial charge is 0.325 e. The third-order valence-corrected chi connectivity index (χ3v) is 3.99. The van der Waals surface area contributed by atoms with E-state index in [4.69, 9.17) is 0 Å². The fraction of sp³-hybridized carbons (Fsp3) is 0.0625. The van der Waals surface area contributed by atoms with Gasteiger partial charge in [-0.15, -0.1) is 0 Å². The number of phenols is 1. The van der Waals surface area contributed by atoms with Crippen molar-refractivity contribution in [2.75, 3.05) is 16.0 Å². The van der Waals surface area contributed by atoms with Crippen molar-refractivity contribution < 1.29 is 14.7 Å². The van der Waals surface area contributed by atoms with Crippen LogP contribution in [-0.2, 0) is 4.79 Å². The van der Waals surface area contributed by atoms with Crippen LogP contribution in [-0.4, -0.2) is 22.0 Å². The van der Waals surface area contributed by atoms with Gasteiger partial charge in [0.05, 0.1) is 10.2 Å². The van der Waals surface area contributed by atoms with Gasteiger partial charge in [0.2, 0.25) is 5.91 Å². The molecule has 3 aromatic rings. The summed E-state index contributed by atoms with van der Waals surface area (Å²) in [6.45, 7) is 1.43. The molecule has 0 spiro atoms. The highest BCUT2D eigenvalue weighted by Gasteiger charge is 2.08. The van der Waals surface area contributed by atoms with Crippen LogP contribution in [0.4, 0.5) is 21.3 Å². The number of nitrogens with one attached hydrogen (secondary N) is 3. The van der Waals surface area contributed by atoms with E-state index in [1.807, 2.05) is 0 Å². The summed E-state index contributed by atoms with van der Waals surface area (Å²) in [6, 6.07) is 11.1. The SMILES string of the molecule is CC(=O)Nc1ccc(NC(=O)Nc2nc3ccc(O)cc3s2)cc1. The summed E-state index contributed by atoms with van der Waals surface area (Å²) in [7, 11) is 0. The molecule has 0 atom stereocenters. The van der Waals surface area contributed by atoms with Gasteiger partial charge < -0.3 is 15.7 Å². The number of thiazole rings is 1. The van der Waals surface area contributed by atoms with E-state index in [0.29, 0.717) is 22.0 Å². The first kappa shape index (κ1) is 15.8. The molecule has 24 heavy (non-hydrogen) atoms. The molecule has 0 fully saturated rings. The van der Waals surface area contributed by atoms with E-state index in [0.717, 1.165) is 4.70 Å². The van der Waals surface area contributed by atoms with Gasteiger partial charge in [-0.2, -0.15) is 0 Å². The van der Waals surface area contributed by atoms with E-state index in [1.165, 1.54) is 18.3 Å². The van der Waals surface area contributed by atoms with Gasteiger partial charge in [0, 0.05) is 18.3 Å². The summed E-state index contributed by atoms with van der Waals surface area (Å²) in [5.41, 5.74) is 1.94. The monoisotopic (exact) mass is 342 g/mol. The number of rotatable bonds is 3. The Kier molecular flexibility index (Phi) is 4.30. The molecular formula is C16H14N4O3S. The van der Waals surface area contributed by atoms with Crippen molar-refractivity contribution in [2.45, 2.75) is 6.92 Å². The van der Waals surface area contributed by atoms with Crippen LogP contribution in [0.1, 0.15) is 6.92 Å². The van der Waals surface area contributed by atoms with E-state index >= 15 is 0 Å². The maximum atomic E-state index is 12.0. The number of phenolic OH excluding ortho intramolecular Hbond substituents is 1. The lowest BCUT2D eigenvalue weighted by atomic mass is 10.3. The number of hydrogen-bond acceptors (Lipinski definition) is 5. The molecular weight excluding hydrogens is 328 g/mol. The third-order valence-electron chi connectivity index (χ3n) is 3.06. The molecule has 0 saturated heterocycles. The first-order chi connectivity index (χ1) is 11.5. The Labute approximate surface area is 141 Å². The van der Waals surface area contributed by atoms with Gasteiger partial charge in [-0.25, -0.2) is 9.78 Å². The van der Waals surface area contributed by atoms with E-state index in [2.05, 4.69) is 20.9 Å². The van der Waals surface area contributed by atoms with Gasteiger partial charge in [0.25, 0.3) is 0 Å². The summed E-state index contributed by atoms with van der Waals surface area (Å²) in [5.74, 6) is -0.00302. The summed E-state index contributed by atoms with van der Waals surface area (Å²) < 4.78 is 0.782. The van der Waals surface area contributed by atoms with Crippen LogP contribution in [0.3, 0.4) is 0 Å². The molecule has 7 nitrogen and oxygen atoms in total. The zero-order valence-electron chi connectivity index (χ0n) is 12.7. The average Bonchev–Trinajstić information content (AvgIpc) is 2.89. The molecule has 0 aliphatic carbocycles. The summed E-state index contributed by atoms with van der Waals surface area (Å²) in [5, 5.41) is 17.9. The molecule has 4 N–H and O–H groups in total. The number of anilines is 3. The zero-order valence-corrected chi connectivity index (χ0v) is 13.5. The number of amides is 3. The van der Waals surface area contributed by atoms with Gasteiger partial charge >= 0.3 is 6.03 Å². The van der Waals surface area contributed by atoms with Crippen LogP contribution in [0.2, 0.25) is 0 Å². The number of aromatic nitrogens is 1. The second-order valence-corrected chi connectivity index (χ2v) is 6.04. The Morgan fingerprint density at radius 2 is 1.67 bits per heavy atom. The van der Waals surface area contributed by atoms with Gasteiger partial charge in [-0.3, -0.25) is 10.1 Å². The predicted octanol–water partition coefficient (Wildman–Crippen LogP) is 3.60. The number of urea groups is 1. The lowest BCUT2D eigenvalue weighted by Gasteiger charge is -2.07. The number of hydrogen-bond donors (Lipinski definition) is 4. The largest absolute Gasteiger partial charge is 0.508 e. The lowest BCUT2D eigenvalue weighted by molar-refractivity contribution is -0.114. The van der Waals surface area contributed by atoms with Crippen LogP contribution < -0.4 is 16.0 Å². The molecule has 0 radical (unpaired) electrons. The van der Waals surface area contributed by atoms with Gasteiger partial charge in [0.1, 0.15) is 5.75 Å². The average molecular weight is 342 g/mol. The Balaban J connectivity index is 1.64. The minimum Gasteiger partial charge on any atom is -0.508 e. The maximum absolute atomic E-state index is 12.0. The maximum Gasteiger partial charge on any atom is 0.325 e. The molecule has 1 heterocycles. The predicted molar refractivity (Wildman–Crippen MR) is 94.7 cm³/mol. The topological polar surface area (TPSA) is 103 Å². The number of benzene rings is 2. The highest BCUT2D eigenvalue weighted by Crippen LogP contribution is 2.28. The highest BCUT2D eigenvalue weighted by molar-refractivity contribution is 7.22. The molecule has 0 unspecified atom stereocenters. The highest BCUT2D eigenvalue weighted by atomic mass is 32.1. The fourth-order valence-electron chi connectivity index (χ4n) is 2.07. The summed E-state index contributed by atoms with van der Waals surface area (Å²) >= 11 is 1.27. The van der Waals surface area contributed by atoms with Gasteiger partial charge in [0.15, 0.2) is 5.13 Å². The second kappa shape index (κ2) is 6.55. The van der Waals surface area contributed by atoms with Crippen molar-refractivity contribution in [3.05, 3.63) is 42.5 Å². The number of fused-ring (bicyclic) bond motifs is 1. The fourth-order valence-corrected chi connectivity index (χ4v) is 2.96. The van der Waals surface area contributed by atoms with Crippen molar-refractivity contribution in [3.63, 3.8) is 0 Å². The Hall–Kier alpha value is -3.13. The third kappa shape index (κ3) is 3.79. The number of aromatic hydroxyl groups is 1. The standard InChI is InChI=1S/C16H14N4O3S/c1-9(21)17-10-2-4-11(5-3-10)18-15(23)20-16-19-13-7-6-12(22)8-14(13)24-16/h2-8,22H,1H3,(H,17,21)(H2,18,19,20,23). The molecule has 3 rings (SSSR count). The second-order valence-electron chi connectivity index (χ2n) is 5.01. The molecule has 0 bridgehead atoms. The molecule has 2 aromatic carbocycles. The van der Waals surface area contributed by atoms with Crippen molar-refractivity contribution >= 4 is 50.0 Å². The minimum atomic E-state index is -0.425. The van der Waals surface area contributed by atoms with E-state index in [-0.39, 0.29) is 11.7 Å². The zero-order chi connectivity index (χ0) is 17.1. The van der Waals surface area contributed by atoms with Crippen molar-refractivity contribution in [2.24, 2.45) is 0 Å². The van der Waals surface area contributed by atoms with Gasteiger partial charge in [-0.1, -0.05) is 11.3 Å². The summed E-state index contributed by atoms with van der Waals surface area (Å²) in [4.78, 5) is 27.2. The van der Waals surface area contributed by atoms with Crippen molar-refractivity contribution in [3.8, 4) is 5.75 Å². The number of carbonyl (C=O) groups is 2. The van der Waals surface area contributed by atoms with E-state index < -0.39 is 6.03 Å². The van der Waals surface area contributed by atoms with Crippen LogP contribution in [0.15, 0.2) is 42.5 Å². The van der Waals surface area contributed by atoms with Crippen molar-refractivity contribution in [1.82, 2.24) is 4.98 Å². The van der Waals surface area contributed by atoms with E-state index in [9.17, 15) is 14.7 Å². The van der Waals surface area contributed by atoms with Crippen LogP contribution in [0, 0.1) is 0 Å². The molecule has 0 saturated carbocycles. The minimum absolute atomic E-state index is 0.154. The Morgan fingerprint density at radius 1 is 1.00 bits per heavy atom. The normalized spacial score (nSPS) is 10.4. The molecule has 0 aliphatic heterocycles. The lowest BCUT2D eigenvalue weighted by Crippen LogP contribution is -2.19. The Bertz CT molecular complexity index is 905. The van der Waals surface area contributed by atoms with E-state index in [1.54, 1.807) is 42.5 Å². The molecule has 3 amide bonds.